The lowest BCUT2D eigenvalue weighted by Crippen LogP contribution is -2.05. The molecule has 1 heterocycles. The van der Waals surface area contributed by atoms with E-state index in [4.69, 9.17) is 5.73 Å². The highest BCUT2D eigenvalue weighted by molar-refractivity contribution is 6.00. The van der Waals surface area contributed by atoms with E-state index in [0.29, 0.717) is 5.95 Å². The van der Waals surface area contributed by atoms with Crippen LogP contribution in [-0.2, 0) is 0 Å². The van der Waals surface area contributed by atoms with Gasteiger partial charge in [0.2, 0.25) is 5.95 Å². The Bertz CT molecular complexity index is 922. The van der Waals surface area contributed by atoms with Gasteiger partial charge in [-0.2, -0.15) is 0 Å². The van der Waals surface area contributed by atoms with E-state index in [0.717, 1.165) is 27.6 Å². The standard InChI is InChI=1S/C17H16N4O2/c1-9-3-5-12(16(22)23)15(18)14(9)10-4-6-13-11(7-10)8-20-17(19-2)21-13/h3-8H,18H2,1-2H3,(H,22,23)(H,19,20,21). The van der Waals surface area contributed by atoms with Gasteiger partial charge in [-0.05, 0) is 36.2 Å². The maximum Gasteiger partial charge on any atom is 0.337 e. The molecule has 0 saturated carbocycles. The zero-order valence-corrected chi connectivity index (χ0v) is 12.8. The fraction of sp³-hybridized carbons (Fsp3) is 0.118. The number of nitrogen functional groups attached to an aromatic ring is 1. The number of aromatic nitrogens is 2. The lowest BCUT2D eigenvalue weighted by molar-refractivity contribution is 0.0698. The summed E-state index contributed by atoms with van der Waals surface area (Å²) in [4.78, 5) is 19.9. The number of hydrogen-bond acceptors (Lipinski definition) is 5. The molecule has 116 valence electrons. The number of fused-ring (bicyclic) bond motifs is 1. The van der Waals surface area contributed by atoms with Crippen molar-refractivity contribution in [2.75, 3.05) is 18.1 Å². The summed E-state index contributed by atoms with van der Waals surface area (Å²) in [6, 6.07) is 8.97. The first kappa shape index (κ1) is 14.8. The van der Waals surface area contributed by atoms with Crippen LogP contribution >= 0.6 is 0 Å². The summed E-state index contributed by atoms with van der Waals surface area (Å²) in [6.45, 7) is 1.90. The SMILES string of the molecule is CNc1ncc2cc(-c3c(C)ccc(C(=O)O)c3N)ccc2n1. The molecule has 0 saturated heterocycles. The molecule has 3 aromatic rings. The smallest absolute Gasteiger partial charge is 0.337 e. The number of hydrogen-bond donors (Lipinski definition) is 3. The average molecular weight is 308 g/mol. The normalized spacial score (nSPS) is 10.7. The number of carbonyl (C=O) groups is 1. The molecule has 4 N–H and O–H groups in total. The van der Waals surface area contributed by atoms with Crippen molar-refractivity contribution >= 4 is 28.5 Å². The minimum Gasteiger partial charge on any atom is -0.478 e. The Labute approximate surface area is 133 Å². The van der Waals surface area contributed by atoms with Crippen molar-refractivity contribution in [1.82, 2.24) is 9.97 Å². The summed E-state index contributed by atoms with van der Waals surface area (Å²) >= 11 is 0. The molecule has 0 bridgehead atoms. The maximum atomic E-state index is 11.3. The van der Waals surface area contributed by atoms with E-state index in [9.17, 15) is 9.90 Å². The zero-order chi connectivity index (χ0) is 16.6. The zero-order valence-electron chi connectivity index (χ0n) is 12.8. The lowest BCUT2D eigenvalue weighted by Gasteiger charge is -2.13. The van der Waals surface area contributed by atoms with E-state index in [1.807, 2.05) is 25.1 Å². The van der Waals surface area contributed by atoms with Crippen molar-refractivity contribution in [1.29, 1.82) is 0 Å². The molecule has 0 spiro atoms. The average Bonchev–Trinajstić information content (AvgIpc) is 2.54. The summed E-state index contributed by atoms with van der Waals surface area (Å²) in [7, 11) is 1.76. The fourth-order valence-corrected chi connectivity index (χ4v) is 2.61. The summed E-state index contributed by atoms with van der Waals surface area (Å²) in [5, 5.41) is 13.0. The van der Waals surface area contributed by atoms with Gasteiger partial charge >= 0.3 is 5.97 Å². The van der Waals surface area contributed by atoms with E-state index in [1.54, 1.807) is 19.3 Å². The summed E-state index contributed by atoms with van der Waals surface area (Å²) in [5.74, 6) is -0.486. The number of nitrogens with two attached hydrogens (primary N) is 1. The summed E-state index contributed by atoms with van der Waals surface area (Å²) in [6.07, 6.45) is 1.73. The van der Waals surface area contributed by atoms with Crippen molar-refractivity contribution < 1.29 is 9.90 Å². The Morgan fingerprint density at radius 2 is 2.04 bits per heavy atom. The second-order valence-electron chi connectivity index (χ2n) is 5.24. The molecule has 2 aromatic carbocycles. The van der Waals surface area contributed by atoms with Gasteiger partial charge in [0.25, 0.3) is 0 Å². The van der Waals surface area contributed by atoms with Gasteiger partial charge in [-0.1, -0.05) is 12.1 Å². The van der Waals surface area contributed by atoms with Gasteiger partial charge in [-0.25, -0.2) is 14.8 Å². The van der Waals surface area contributed by atoms with Crippen molar-refractivity contribution in [3.8, 4) is 11.1 Å². The van der Waals surface area contributed by atoms with Crippen LogP contribution < -0.4 is 11.1 Å². The quantitative estimate of drug-likeness (QED) is 0.643. The topological polar surface area (TPSA) is 101 Å². The fourth-order valence-electron chi connectivity index (χ4n) is 2.61. The second-order valence-corrected chi connectivity index (χ2v) is 5.24. The third-order valence-electron chi connectivity index (χ3n) is 3.78. The van der Waals surface area contributed by atoms with E-state index < -0.39 is 5.97 Å². The summed E-state index contributed by atoms with van der Waals surface area (Å²) < 4.78 is 0. The van der Waals surface area contributed by atoms with E-state index in [-0.39, 0.29) is 11.3 Å². The molecule has 6 nitrogen and oxygen atoms in total. The highest BCUT2D eigenvalue weighted by atomic mass is 16.4. The van der Waals surface area contributed by atoms with Crippen molar-refractivity contribution in [2.24, 2.45) is 0 Å². The predicted molar refractivity (Wildman–Crippen MR) is 90.6 cm³/mol. The van der Waals surface area contributed by atoms with Crippen LogP contribution in [0.5, 0.6) is 0 Å². The highest BCUT2D eigenvalue weighted by Crippen LogP contribution is 2.33. The number of anilines is 2. The Morgan fingerprint density at radius 1 is 1.26 bits per heavy atom. The van der Waals surface area contributed by atoms with Crippen LogP contribution in [0.1, 0.15) is 15.9 Å². The molecular weight excluding hydrogens is 292 g/mol. The number of nitrogens with zero attached hydrogens (tertiary/aromatic N) is 2. The van der Waals surface area contributed by atoms with Crippen molar-refractivity contribution in [3.05, 3.63) is 47.7 Å². The predicted octanol–water partition coefficient (Wildman–Crippen LogP) is 2.93. The molecule has 6 heteroatoms. The van der Waals surface area contributed by atoms with E-state index in [2.05, 4.69) is 15.3 Å². The number of benzene rings is 2. The largest absolute Gasteiger partial charge is 0.478 e. The van der Waals surface area contributed by atoms with Gasteiger partial charge in [0, 0.05) is 24.2 Å². The first-order chi connectivity index (χ1) is 11.0. The number of rotatable bonds is 3. The van der Waals surface area contributed by atoms with Gasteiger partial charge in [0.1, 0.15) is 0 Å². The Morgan fingerprint density at radius 3 is 2.74 bits per heavy atom. The van der Waals surface area contributed by atoms with Gasteiger partial charge < -0.3 is 16.2 Å². The number of carboxylic acids is 1. The molecule has 3 rings (SSSR count). The molecule has 0 fully saturated rings. The van der Waals surface area contributed by atoms with Crippen LogP contribution in [0.2, 0.25) is 0 Å². The minimum atomic E-state index is -1.04. The summed E-state index contributed by atoms with van der Waals surface area (Å²) in [5.41, 5.74) is 9.75. The van der Waals surface area contributed by atoms with Crippen LogP contribution in [0.3, 0.4) is 0 Å². The molecule has 0 aliphatic heterocycles. The molecule has 0 amide bonds. The maximum absolute atomic E-state index is 11.3. The molecular formula is C17H16N4O2. The monoisotopic (exact) mass is 308 g/mol. The van der Waals surface area contributed by atoms with Crippen molar-refractivity contribution in [3.63, 3.8) is 0 Å². The molecule has 0 aliphatic rings. The van der Waals surface area contributed by atoms with Gasteiger partial charge in [0.05, 0.1) is 16.8 Å². The molecule has 0 aliphatic carbocycles. The second kappa shape index (κ2) is 5.57. The van der Waals surface area contributed by atoms with Gasteiger partial charge in [-0.3, -0.25) is 0 Å². The number of carboxylic acid groups (broad SMARTS) is 1. The molecule has 23 heavy (non-hydrogen) atoms. The van der Waals surface area contributed by atoms with Crippen LogP contribution in [0, 0.1) is 6.92 Å². The Hall–Kier alpha value is -3.15. The molecule has 1 aromatic heterocycles. The van der Waals surface area contributed by atoms with Crippen LogP contribution in [0.25, 0.3) is 22.0 Å². The molecule has 0 atom stereocenters. The van der Waals surface area contributed by atoms with E-state index >= 15 is 0 Å². The van der Waals surface area contributed by atoms with E-state index in [1.165, 1.54) is 6.07 Å². The first-order valence-electron chi connectivity index (χ1n) is 7.08. The Kier molecular flexibility index (Phi) is 3.57. The Balaban J connectivity index is 2.21. The molecule has 0 unspecified atom stereocenters. The third-order valence-corrected chi connectivity index (χ3v) is 3.78. The number of aryl methyl sites for hydroxylation is 1. The minimum absolute atomic E-state index is 0.104. The number of nitrogens with one attached hydrogen (secondary N) is 1. The van der Waals surface area contributed by atoms with Crippen LogP contribution in [0.15, 0.2) is 36.5 Å². The third kappa shape index (κ3) is 2.55. The molecule has 0 radical (unpaired) electrons. The first-order valence-corrected chi connectivity index (χ1v) is 7.08. The van der Waals surface area contributed by atoms with Crippen molar-refractivity contribution in [2.45, 2.75) is 6.92 Å². The van der Waals surface area contributed by atoms with Gasteiger partial charge in [-0.15, -0.1) is 0 Å². The highest BCUT2D eigenvalue weighted by Gasteiger charge is 2.15. The van der Waals surface area contributed by atoms with Gasteiger partial charge in [0.15, 0.2) is 0 Å². The number of aromatic carboxylic acids is 1. The lowest BCUT2D eigenvalue weighted by atomic mass is 9.95. The van der Waals surface area contributed by atoms with Crippen LogP contribution in [0.4, 0.5) is 11.6 Å². The van der Waals surface area contributed by atoms with Crippen LogP contribution in [-0.4, -0.2) is 28.1 Å².